The molecular formula is C58H73F5N10O9. The average molecular weight is 1150 g/mol. The van der Waals surface area contributed by atoms with Gasteiger partial charge >= 0.3 is 6.18 Å². The van der Waals surface area contributed by atoms with Gasteiger partial charge in [-0.25, -0.2) is 4.39 Å². The summed E-state index contributed by atoms with van der Waals surface area (Å²) in [5.41, 5.74) is -1.89. The van der Waals surface area contributed by atoms with Gasteiger partial charge in [-0.15, -0.1) is 0 Å². The quantitative estimate of drug-likeness (QED) is 0.0332. The molecule has 1 aromatic carbocycles. The number of carbonyl (C=O) groups excluding carboxylic acids is 6. The van der Waals surface area contributed by atoms with Crippen molar-refractivity contribution in [3.63, 3.8) is 0 Å². The number of amides is 6. The van der Waals surface area contributed by atoms with E-state index in [0.717, 1.165) is 109 Å². The largest absolute Gasteiger partial charge is 0.493 e. The number of hydrogen-bond donors (Lipinski definition) is 4. The number of anilines is 1. The number of rotatable bonds is 27. The number of alkyl halides is 3. The van der Waals surface area contributed by atoms with E-state index in [1.165, 1.54) is 31.5 Å². The summed E-state index contributed by atoms with van der Waals surface area (Å²) in [7, 11) is 1.03. The molecule has 4 fully saturated rings. The number of carbonyl (C=O) groups is 6. The van der Waals surface area contributed by atoms with E-state index in [9.17, 15) is 50.7 Å². The highest BCUT2D eigenvalue weighted by molar-refractivity contribution is 5.98. The summed E-state index contributed by atoms with van der Waals surface area (Å²) in [6.07, 6.45) is 13.3. The number of unbranched alkanes of at least 4 members (excludes halogenated alkanes) is 7. The molecule has 3 aliphatic heterocycles. The summed E-state index contributed by atoms with van der Waals surface area (Å²) >= 11 is 0. The van der Waals surface area contributed by atoms with Crippen molar-refractivity contribution in [1.82, 2.24) is 45.5 Å². The first-order valence-electron chi connectivity index (χ1n) is 28.4. The van der Waals surface area contributed by atoms with Crippen LogP contribution in [-0.4, -0.2) is 142 Å². The van der Waals surface area contributed by atoms with Crippen LogP contribution in [0, 0.1) is 23.5 Å². The van der Waals surface area contributed by atoms with Crippen LogP contribution in [0.4, 0.5) is 27.6 Å². The van der Waals surface area contributed by atoms with Crippen molar-refractivity contribution < 1.29 is 64.9 Å². The second-order valence-electron chi connectivity index (χ2n) is 21.7. The van der Waals surface area contributed by atoms with Crippen LogP contribution in [0.15, 0.2) is 67.4 Å². The minimum atomic E-state index is -4.95. The van der Waals surface area contributed by atoms with Crippen molar-refractivity contribution in [2.24, 2.45) is 11.8 Å². The van der Waals surface area contributed by atoms with E-state index in [2.05, 4.69) is 36.3 Å². The van der Waals surface area contributed by atoms with Gasteiger partial charge in [-0.05, 0) is 75.3 Å². The molecule has 6 atom stereocenters. The van der Waals surface area contributed by atoms with Gasteiger partial charge in [0.2, 0.25) is 23.5 Å². The van der Waals surface area contributed by atoms with Gasteiger partial charge in [0.05, 0.1) is 50.1 Å². The molecule has 82 heavy (non-hydrogen) atoms. The molecule has 4 N–H and O–H groups in total. The molecule has 0 spiro atoms. The number of methoxy groups -OCH3 is 1. The Morgan fingerprint density at radius 2 is 1.51 bits per heavy atom. The standard InChI is InChI=1S/C58H73F5N10O9/c1-36-48(42-17-18-44(59)49(60)51(42)80-3)52(82-57(36,2)58(61,62)63)56(79)70-39-19-24-65-45(31-39)55(78)68-26-30-81-29-25-67-53(76)38-34-69-72(35-38)40-20-27-71(28-21-40)46(74)14-10-8-6-4-5-7-9-11-23-66-54(77)43-32-47(75)73(41-15-16-41)50(43)37-13-12-22-64-33-37/h12-13,17-19,22,24,31,33-36,40-41,43,48,50,52H,4-11,14-16,20-21,23,25-30,32H2,1-3H3,(H,66,77)(H,67,76)(H,68,78)(H,65,70,79)/t36-,43-,48-,50+,52+,57+/m0/s1. The van der Waals surface area contributed by atoms with Crippen LogP contribution in [-0.2, 0) is 28.7 Å². The molecule has 1 aliphatic carbocycles. The van der Waals surface area contributed by atoms with E-state index < -0.39 is 64.8 Å². The monoisotopic (exact) mass is 1150 g/mol. The summed E-state index contributed by atoms with van der Waals surface area (Å²) in [6.45, 7) is 4.20. The molecule has 4 aromatic rings. The van der Waals surface area contributed by atoms with Crippen LogP contribution in [0.3, 0.4) is 0 Å². The van der Waals surface area contributed by atoms with E-state index >= 15 is 0 Å². The zero-order valence-corrected chi connectivity index (χ0v) is 46.5. The number of benzene rings is 1. The van der Waals surface area contributed by atoms with Crippen LogP contribution in [0.25, 0.3) is 0 Å². The Hall–Kier alpha value is -7.08. The average Bonchev–Trinajstić information content (AvgIpc) is 4.10. The third kappa shape index (κ3) is 14.7. The molecule has 1 saturated carbocycles. The van der Waals surface area contributed by atoms with Gasteiger partial charge in [0.25, 0.3) is 17.7 Å². The Morgan fingerprint density at radius 3 is 2.18 bits per heavy atom. The zero-order chi connectivity index (χ0) is 58.6. The van der Waals surface area contributed by atoms with E-state index in [1.54, 1.807) is 23.3 Å². The SMILES string of the molecule is COc1c([C@H]2[C@H](C(=O)Nc3ccnc(C(=O)NCCOCCNC(=O)c4cnn(C5CCN(C(=O)CCCCCCCCCCNC(=O)[C@H]6CC(=O)N(C7CC7)[C@@H]6c6cccnc6)CC5)c4)c3)O[C@@](C)(C(F)(F)F)[C@H]2C)ccc(F)c1F. The zero-order valence-electron chi connectivity index (χ0n) is 46.5. The summed E-state index contributed by atoms with van der Waals surface area (Å²) < 4.78 is 89.8. The van der Waals surface area contributed by atoms with Gasteiger partial charge in [0, 0.05) is 99.5 Å². The maximum Gasteiger partial charge on any atom is 0.417 e. The minimum absolute atomic E-state index is 0.000803. The Balaban J connectivity index is 0.653. The van der Waals surface area contributed by atoms with Crippen LogP contribution in [0.2, 0.25) is 0 Å². The van der Waals surface area contributed by atoms with Gasteiger partial charge in [0.15, 0.2) is 17.2 Å². The number of nitrogens with zero attached hydrogens (tertiary/aromatic N) is 6. The van der Waals surface area contributed by atoms with Crippen LogP contribution < -0.4 is 26.0 Å². The second kappa shape index (κ2) is 27.8. The number of piperidine rings is 1. The molecule has 6 amide bonds. The molecule has 0 radical (unpaired) electrons. The molecule has 6 heterocycles. The smallest absolute Gasteiger partial charge is 0.417 e. The van der Waals surface area contributed by atoms with E-state index in [4.69, 9.17) is 14.2 Å². The number of nitrogens with one attached hydrogen (secondary N) is 4. The van der Waals surface area contributed by atoms with E-state index in [1.807, 2.05) is 21.9 Å². The van der Waals surface area contributed by atoms with Crippen LogP contribution in [0.1, 0.15) is 154 Å². The molecule has 24 heteroatoms. The van der Waals surface area contributed by atoms with E-state index in [-0.39, 0.29) is 91.4 Å². The van der Waals surface area contributed by atoms with Gasteiger partial charge < -0.3 is 45.3 Å². The normalized spacial score (nSPS) is 22.0. The van der Waals surface area contributed by atoms with Crippen molar-refractivity contribution in [3.8, 4) is 5.75 Å². The fourth-order valence-corrected chi connectivity index (χ4v) is 11.4. The predicted octanol–water partition coefficient (Wildman–Crippen LogP) is 7.76. The molecule has 0 unspecified atom stereocenters. The summed E-state index contributed by atoms with van der Waals surface area (Å²) in [6, 6.07) is 8.14. The van der Waals surface area contributed by atoms with Crippen LogP contribution >= 0.6 is 0 Å². The lowest BCUT2D eigenvalue weighted by Gasteiger charge is -2.32. The lowest BCUT2D eigenvalue weighted by molar-refractivity contribution is -0.272. The highest BCUT2D eigenvalue weighted by atomic mass is 19.4. The number of ether oxygens (including phenoxy) is 3. The molecule has 3 saturated heterocycles. The third-order valence-electron chi connectivity index (χ3n) is 16.2. The second-order valence-corrected chi connectivity index (χ2v) is 21.7. The minimum Gasteiger partial charge on any atom is -0.493 e. The number of likely N-dealkylation sites (tertiary alicyclic amines) is 2. The van der Waals surface area contributed by atoms with Crippen LogP contribution in [0.5, 0.6) is 5.75 Å². The lowest BCUT2D eigenvalue weighted by atomic mass is 9.77. The first kappa shape index (κ1) is 61.0. The fraction of sp³-hybridized carbons (Fsp3) is 0.569. The number of hydrogen-bond acceptors (Lipinski definition) is 12. The predicted molar refractivity (Wildman–Crippen MR) is 289 cm³/mol. The highest BCUT2D eigenvalue weighted by Crippen LogP contribution is 2.55. The van der Waals surface area contributed by atoms with Crippen molar-refractivity contribution in [2.45, 2.75) is 146 Å². The lowest BCUT2D eigenvalue weighted by Crippen LogP contribution is -2.47. The number of aromatic nitrogens is 4. The Morgan fingerprint density at radius 1 is 0.817 bits per heavy atom. The summed E-state index contributed by atoms with van der Waals surface area (Å²) in [5.74, 6) is -8.54. The molecule has 8 rings (SSSR count). The number of halogens is 5. The maximum absolute atomic E-state index is 14.8. The Labute approximate surface area is 473 Å². The first-order chi connectivity index (χ1) is 39.4. The number of pyridine rings is 2. The van der Waals surface area contributed by atoms with Crippen molar-refractivity contribution in [3.05, 3.63) is 101 Å². The van der Waals surface area contributed by atoms with Crippen molar-refractivity contribution in [1.29, 1.82) is 0 Å². The molecular weight excluding hydrogens is 1080 g/mol. The topological polar surface area (TPSA) is 228 Å². The van der Waals surface area contributed by atoms with Gasteiger partial charge in [0.1, 0.15) is 11.8 Å². The molecule has 4 aliphatic rings. The van der Waals surface area contributed by atoms with Crippen molar-refractivity contribution >= 4 is 41.1 Å². The van der Waals surface area contributed by atoms with Crippen molar-refractivity contribution in [2.75, 3.05) is 58.4 Å². The summed E-state index contributed by atoms with van der Waals surface area (Å²) in [5, 5.41) is 15.4. The Kier molecular flexibility index (Phi) is 20.7. The molecule has 444 valence electrons. The maximum atomic E-state index is 14.8. The summed E-state index contributed by atoms with van der Waals surface area (Å²) in [4.78, 5) is 90.7. The van der Waals surface area contributed by atoms with Gasteiger partial charge in [-0.1, -0.05) is 57.6 Å². The molecule has 0 bridgehead atoms. The van der Waals surface area contributed by atoms with Gasteiger partial charge in [-0.2, -0.15) is 22.7 Å². The van der Waals surface area contributed by atoms with E-state index in [0.29, 0.717) is 31.6 Å². The first-order valence-corrected chi connectivity index (χ1v) is 28.4. The fourth-order valence-electron chi connectivity index (χ4n) is 11.4. The third-order valence-corrected chi connectivity index (χ3v) is 16.2. The Bertz CT molecular complexity index is 2870. The van der Waals surface area contributed by atoms with Gasteiger partial charge in [-0.3, -0.25) is 43.4 Å². The molecule has 3 aromatic heterocycles. The molecule has 19 nitrogen and oxygen atoms in total. The highest BCUT2D eigenvalue weighted by Gasteiger charge is 2.66.